The Morgan fingerprint density at radius 3 is 1.74 bits per heavy atom. The van der Waals surface area contributed by atoms with E-state index in [4.69, 9.17) is 15.3 Å². The molecule has 5 N–H and O–H groups in total. The van der Waals surface area contributed by atoms with Crippen LogP contribution in [0.4, 0.5) is 0 Å². The fraction of sp³-hybridized carbons (Fsp3) is 0. The highest BCUT2D eigenvalue weighted by atomic mass is 16.4. The monoisotopic (exact) mass is 421 g/mol. The molecule has 0 bridgehead atoms. The third kappa shape index (κ3) is 6.47. The fourth-order valence-electron chi connectivity index (χ4n) is 2.43. The number of para-hydroxylation sites is 3. The number of hydrogen-bond donors (Lipinski definition) is 4. The lowest BCUT2D eigenvalue weighted by Gasteiger charge is -2.07. The van der Waals surface area contributed by atoms with Crippen molar-refractivity contribution in [3.63, 3.8) is 0 Å². The minimum Gasteiger partial charge on any atom is -0.872 e. The number of aromatic carboxylic acids is 2. The van der Waals surface area contributed by atoms with Crippen LogP contribution in [0.1, 0.15) is 20.7 Å². The molecule has 1 aromatic heterocycles. The van der Waals surface area contributed by atoms with Gasteiger partial charge in [0, 0.05) is 6.07 Å². The number of aromatic hydroxyl groups is 2. The van der Waals surface area contributed by atoms with Crippen LogP contribution in [0.5, 0.6) is 17.2 Å². The van der Waals surface area contributed by atoms with E-state index in [0.717, 1.165) is 10.9 Å². The molecule has 0 aliphatic heterocycles. The second-order valence-corrected chi connectivity index (χ2v) is 6.04. The average Bonchev–Trinajstić information content (AvgIpc) is 2.75. The van der Waals surface area contributed by atoms with E-state index in [9.17, 15) is 19.8 Å². The van der Waals surface area contributed by atoms with Crippen molar-refractivity contribution >= 4 is 22.8 Å². The van der Waals surface area contributed by atoms with Gasteiger partial charge in [-0.05, 0) is 36.4 Å². The zero-order valence-corrected chi connectivity index (χ0v) is 16.1. The summed E-state index contributed by atoms with van der Waals surface area (Å²) in [6.07, 6.45) is 1.79. The summed E-state index contributed by atoms with van der Waals surface area (Å²) in [6, 6.07) is 20.6. The largest absolute Gasteiger partial charge is 0.872 e. The first kappa shape index (κ1) is 22.7. The molecule has 4 aromatic rings. The van der Waals surface area contributed by atoms with Crippen molar-refractivity contribution in [2.24, 2.45) is 0 Å². The molecule has 0 saturated carbocycles. The molecule has 0 fully saturated rings. The number of fused-ring (bicyclic) bond motifs is 1. The first-order valence-corrected chi connectivity index (χ1v) is 8.90. The maximum Gasteiger partial charge on any atom is 0.339 e. The zero-order chi connectivity index (χ0) is 22.8. The molecule has 0 radical (unpaired) electrons. The van der Waals surface area contributed by atoms with E-state index in [1.54, 1.807) is 24.4 Å². The molecule has 0 aliphatic rings. The number of nitrogens with one attached hydrogen (secondary N) is 1. The SMILES string of the molecule is O=C(O)c1ccccc1O.O=C(O)c1ccccc1[O-].Oc1cccc2ccc[nH+]c12. The predicted octanol–water partition coefficient (Wildman–Crippen LogP) is 2.91. The lowest BCUT2D eigenvalue weighted by molar-refractivity contribution is -0.345. The first-order valence-electron chi connectivity index (χ1n) is 8.90. The highest BCUT2D eigenvalue weighted by molar-refractivity contribution is 5.91. The van der Waals surface area contributed by atoms with E-state index in [-0.39, 0.29) is 16.9 Å². The normalized spacial score (nSPS) is 9.55. The highest BCUT2D eigenvalue weighted by Gasteiger charge is 2.05. The van der Waals surface area contributed by atoms with Crippen molar-refractivity contribution in [1.29, 1.82) is 0 Å². The summed E-state index contributed by atoms with van der Waals surface area (Å²) in [5, 5.41) is 46.7. The second-order valence-electron chi connectivity index (χ2n) is 6.04. The Balaban J connectivity index is 0.000000166. The van der Waals surface area contributed by atoms with Gasteiger partial charge in [0.15, 0.2) is 11.9 Å². The molecule has 4 rings (SSSR count). The minimum atomic E-state index is -1.18. The third-order valence-corrected chi connectivity index (χ3v) is 3.93. The number of phenolic OH excluding ortho intramolecular Hbond substituents is 1. The Labute approximate surface area is 176 Å². The van der Waals surface area contributed by atoms with Crippen LogP contribution in [0.2, 0.25) is 0 Å². The maximum atomic E-state index is 10.7. The summed E-state index contributed by atoms with van der Waals surface area (Å²) in [5.41, 5.74) is 0.542. The molecule has 1 heterocycles. The van der Waals surface area contributed by atoms with E-state index in [2.05, 4.69) is 4.98 Å². The van der Waals surface area contributed by atoms with Crippen molar-refractivity contribution in [2.75, 3.05) is 0 Å². The molecule has 3 aromatic carbocycles. The summed E-state index contributed by atoms with van der Waals surface area (Å²) in [5.74, 6) is -2.64. The van der Waals surface area contributed by atoms with Gasteiger partial charge in [0.05, 0.1) is 10.9 Å². The number of carbonyl (C=O) groups is 2. The van der Waals surface area contributed by atoms with Crippen LogP contribution in [0.25, 0.3) is 10.9 Å². The van der Waals surface area contributed by atoms with E-state index < -0.39 is 17.7 Å². The molecule has 0 amide bonds. The van der Waals surface area contributed by atoms with Gasteiger partial charge < -0.3 is 25.5 Å². The van der Waals surface area contributed by atoms with E-state index in [0.29, 0.717) is 5.75 Å². The summed E-state index contributed by atoms with van der Waals surface area (Å²) < 4.78 is 0. The second kappa shape index (κ2) is 10.8. The van der Waals surface area contributed by atoms with E-state index >= 15 is 0 Å². The van der Waals surface area contributed by atoms with Crippen molar-refractivity contribution in [3.05, 3.63) is 96.2 Å². The molecule has 8 nitrogen and oxygen atoms in total. The van der Waals surface area contributed by atoms with Crippen LogP contribution in [0.15, 0.2) is 85.1 Å². The van der Waals surface area contributed by atoms with Crippen LogP contribution < -0.4 is 10.1 Å². The molecule has 31 heavy (non-hydrogen) atoms. The molecule has 8 heteroatoms. The molecule has 0 saturated heterocycles. The van der Waals surface area contributed by atoms with E-state index in [1.165, 1.54) is 36.4 Å². The minimum absolute atomic E-state index is 0.0671. The average molecular weight is 421 g/mol. The van der Waals surface area contributed by atoms with Gasteiger partial charge in [0.1, 0.15) is 11.3 Å². The number of aromatic nitrogens is 1. The van der Waals surface area contributed by atoms with Crippen LogP contribution in [-0.4, -0.2) is 32.4 Å². The van der Waals surface area contributed by atoms with Gasteiger partial charge in [-0.15, -0.1) is 0 Å². The predicted molar refractivity (Wildman–Crippen MR) is 110 cm³/mol. The topological polar surface area (TPSA) is 152 Å². The standard InChI is InChI=1S/C9H7NO.2C7H6O3/c11-8-5-1-3-7-4-2-6-10-9(7)8;2*8-6-4-2-1-3-5(6)7(9)10/h1-6,11H;2*1-4,8H,(H,9,10). The number of H-pyrrole nitrogens is 1. The molecule has 158 valence electrons. The van der Waals surface area contributed by atoms with Crippen LogP contribution in [0, 0.1) is 0 Å². The highest BCUT2D eigenvalue weighted by Crippen LogP contribution is 2.18. The van der Waals surface area contributed by atoms with Gasteiger partial charge in [-0.3, -0.25) is 0 Å². The van der Waals surface area contributed by atoms with Gasteiger partial charge in [-0.2, -0.15) is 0 Å². The number of aromatic amines is 1. The number of pyridine rings is 1. The summed E-state index contributed by atoms with van der Waals surface area (Å²) in [6.45, 7) is 0. The van der Waals surface area contributed by atoms with Gasteiger partial charge in [0.25, 0.3) is 5.52 Å². The van der Waals surface area contributed by atoms with Crippen LogP contribution >= 0.6 is 0 Å². The Kier molecular flexibility index (Phi) is 7.92. The molecule has 0 unspecified atom stereocenters. The van der Waals surface area contributed by atoms with Gasteiger partial charge >= 0.3 is 11.9 Å². The molecular weight excluding hydrogens is 402 g/mol. The smallest absolute Gasteiger partial charge is 0.339 e. The third-order valence-electron chi connectivity index (χ3n) is 3.93. The molecule has 0 spiro atoms. The maximum absolute atomic E-state index is 10.7. The summed E-state index contributed by atoms with van der Waals surface area (Å²) in [4.78, 5) is 23.5. The number of benzene rings is 3. The first-order chi connectivity index (χ1) is 14.8. The number of carboxylic acid groups (broad SMARTS) is 2. The number of phenols is 2. The van der Waals surface area contributed by atoms with Crippen molar-refractivity contribution < 1.29 is 40.1 Å². The quantitative estimate of drug-likeness (QED) is 0.388. The lowest BCUT2D eigenvalue weighted by Crippen LogP contribution is -2.02. The Bertz CT molecular complexity index is 1130. The Morgan fingerprint density at radius 1 is 0.677 bits per heavy atom. The molecule has 0 aliphatic carbocycles. The van der Waals surface area contributed by atoms with E-state index in [1.807, 2.05) is 24.3 Å². The summed E-state index contributed by atoms with van der Waals surface area (Å²) >= 11 is 0. The summed E-state index contributed by atoms with van der Waals surface area (Å²) in [7, 11) is 0. The Morgan fingerprint density at radius 2 is 1.23 bits per heavy atom. The van der Waals surface area contributed by atoms with Crippen molar-refractivity contribution in [2.45, 2.75) is 0 Å². The molecule has 0 atom stereocenters. The lowest BCUT2D eigenvalue weighted by atomic mass is 10.2. The fourth-order valence-corrected chi connectivity index (χ4v) is 2.43. The van der Waals surface area contributed by atoms with Gasteiger partial charge in [-0.25, -0.2) is 14.6 Å². The Hall–Kier alpha value is -4.59. The number of carboxylic acids is 2. The van der Waals surface area contributed by atoms with Crippen LogP contribution in [-0.2, 0) is 0 Å². The number of rotatable bonds is 2. The van der Waals surface area contributed by atoms with Gasteiger partial charge in [0.2, 0.25) is 0 Å². The number of hydrogen-bond acceptors (Lipinski definition) is 5. The van der Waals surface area contributed by atoms with Crippen molar-refractivity contribution in [3.8, 4) is 17.2 Å². The van der Waals surface area contributed by atoms with Crippen molar-refractivity contribution in [1.82, 2.24) is 0 Å². The van der Waals surface area contributed by atoms with Gasteiger partial charge in [-0.1, -0.05) is 42.1 Å². The zero-order valence-electron chi connectivity index (χ0n) is 16.1. The molecular formula is C23H19NO7. The van der Waals surface area contributed by atoms with Crippen LogP contribution in [0.3, 0.4) is 0 Å².